The van der Waals surface area contributed by atoms with E-state index in [0.29, 0.717) is 30.2 Å². The Balaban J connectivity index is 1.63. The maximum Gasteiger partial charge on any atom is 0.307 e. The minimum atomic E-state index is -0.798. The number of nitrogens with zero attached hydrogens (tertiary/aromatic N) is 1. The third-order valence-corrected chi connectivity index (χ3v) is 4.58. The molecule has 1 fully saturated rings. The van der Waals surface area contributed by atoms with Crippen molar-refractivity contribution < 1.29 is 19.4 Å². The van der Waals surface area contributed by atoms with Crippen LogP contribution in [0.25, 0.3) is 0 Å². The zero-order valence-corrected chi connectivity index (χ0v) is 15.3. The van der Waals surface area contributed by atoms with Gasteiger partial charge in [0.25, 0.3) is 0 Å². The van der Waals surface area contributed by atoms with Crippen LogP contribution in [-0.2, 0) is 9.59 Å². The van der Waals surface area contributed by atoms with Crippen molar-refractivity contribution in [1.82, 2.24) is 4.90 Å². The fourth-order valence-electron chi connectivity index (χ4n) is 3.44. The highest BCUT2D eigenvalue weighted by Crippen LogP contribution is 2.29. The molecular formula is C21H24N2O4. The number of likely N-dealkylation sites (tertiary alicyclic amines) is 1. The molecule has 1 aliphatic rings. The number of carboxylic acid groups (broad SMARTS) is 1. The van der Waals surface area contributed by atoms with E-state index in [4.69, 9.17) is 4.74 Å². The van der Waals surface area contributed by atoms with E-state index in [1.165, 1.54) is 0 Å². The van der Waals surface area contributed by atoms with Gasteiger partial charge in [-0.15, -0.1) is 0 Å². The molecule has 0 aromatic heterocycles. The molecule has 142 valence electrons. The number of para-hydroxylation sites is 3. The first-order valence-electron chi connectivity index (χ1n) is 9.08. The average molecular weight is 368 g/mol. The number of carbonyl (C=O) groups is 2. The van der Waals surface area contributed by atoms with Crippen LogP contribution in [0.3, 0.4) is 0 Å². The first kappa shape index (κ1) is 18.9. The summed E-state index contributed by atoms with van der Waals surface area (Å²) in [6, 6.07) is 16.6. The number of nitrogens with one attached hydrogen (secondary N) is 1. The minimum absolute atomic E-state index is 0.161. The lowest BCUT2D eigenvalue weighted by Gasteiger charge is -2.34. The van der Waals surface area contributed by atoms with Crippen LogP contribution in [0.4, 0.5) is 5.69 Å². The van der Waals surface area contributed by atoms with Gasteiger partial charge in [0.05, 0.1) is 18.2 Å². The molecule has 6 heteroatoms. The van der Waals surface area contributed by atoms with Gasteiger partial charge < -0.3 is 15.2 Å². The number of amides is 1. The second-order valence-corrected chi connectivity index (χ2v) is 7.03. The Morgan fingerprint density at radius 3 is 2.56 bits per heavy atom. The van der Waals surface area contributed by atoms with Gasteiger partial charge >= 0.3 is 5.97 Å². The van der Waals surface area contributed by atoms with Gasteiger partial charge in [0, 0.05) is 13.1 Å². The minimum Gasteiger partial charge on any atom is -0.481 e. The molecule has 0 aliphatic carbocycles. The Labute approximate surface area is 158 Å². The van der Waals surface area contributed by atoms with Gasteiger partial charge in [-0.1, -0.05) is 37.3 Å². The summed E-state index contributed by atoms with van der Waals surface area (Å²) in [7, 11) is 0. The first-order valence-corrected chi connectivity index (χ1v) is 9.08. The maximum atomic E-state index is 12.5. The molecule has 2 aromatic carbocycles. The molecule has 1 saturated heterocycles. The lowest BCUT2D eigenvalue weighted by atomic mass is 9.90. The summed E-state index contributed by atoms with van der Waals surface area (Å²) >= 11 is 0. The molecule has 2 aromatic rings. The second-order valence-electron chi connectivity index (χ2n) is 7.03. The van der Waals surface area contributed by atoms with Crippen molar-refractivity contribution in [2.75, 3.05) is 25.0 Å². The molecule has 2 unspecified atom stereocenters. The summed E-state index contributed by atoms with van der Waals surface area (Å²) in [6.07, 6.45) is 0.654. The normalized spacial score (nSPS) is 20.0. The number of rotatable bonds is 6. The van der Waals surface area contributed by atoms with E-state index in [9.17, 15) is 14.7 Å². The van der Waals surface area contributed by atoms with E-state index in [-0.39, 0.29) is 18.4 Å². The van der Waals surface area contributed by atoms with Gasteiger partial charge in [-0.25, -0.2) is 0 Å². The topological polar surface area (TPSA) is 78.9 Å². The zero-order valence-electron chi connectivity index (χ0n) is 15.3. The van der Waals surface area contributed by atoms with Crippen molar-refractivity contribution in [2.24, 2.45) is 11.8 Å². The Hall–Kier alpha value is -2.86. The highest BCUT2D eigenvalue weighted by Gasteiger charge is 2.30. The molecule has 27 heavy (non-hydrogen) atoms. The number of piperidine rings is 1. The van der Waals surface area contributed by atoms with Crippen LogP contribution >= 0.6 is 0 Å². The summed E-state index contributed by atoms with van der Waals surface area (Å²) in [5, 5.41) is 12.2. The Morgan fingerprint density at radius 1 is 1.11 bits per heavy atom. The molecule has 1 heterocycles. The average Bonchev–Trinajstić information content (AvgIpc) is 2.63. The van der Waals surface area contributed by atoms with Gasteiger partial charge in [0.2, 0.25) is 5.91 Å². The van der Waals surface area contributed by atoms with Crippen LogP contribution in [0.5, 0.6) is 11.5 Å². The molecule has 0 spiro atoms. The van der Waals surface area contributed by atoms with Crippen molar-refractivity contribution in [1.29, 1.82) is 0 Å². The number of benzene rings is 2. The van der Waals surface area contributed by atoms with E-state index in [1.807, 2.05) is 54.3 Å². The quantitative estimate of drug-likeness (QED) is 0.816. The van der Waals surface area contributed by atoms with E-state index in [1.54, 1.807) is 12.1 Å². The SMILES string of the molecule is CC1CC(C(=O)O)CN(CC(=O)Nc2ccccc2Oc2ccccc2)C1. The highest BCUT2D eigenvalue weighted by atomic mass is 16.5. The number of aliphatic carboxylic acids is 1. The Bertz CT molecular complexity index is 794. The summed E-state index contributed by atoms with van der Waals surface area (Å²) < 4.78 is 5.86. The van der Waals surface area contributed by atoms with E-state index in [0.717, 1.165) is 6.54 Å². The second kappa shape index (κ2) is 8.68. The largest absolute Gasteiger partial charge is 0.481 e. The van der Waals surface area contributed by atoms with Crippen molar-refractivity contribution in [2.45, 2.75) is 13.3 Å². The molecule has 6 nitrogen and oxygen atoms in total. The van der Waals surface area contributed by atoms with E-state index in [2.05, 4.69) is 5.32 Å². The third-order valence-electron chi connectivity index (χ3n) is 4.58. The molecular weight excluding hydrogens is 344 g/mol. The lowest BCUT2D eigenvalue weighted by Crippen LogP contribution is -2.45. The highest BCUT2D eigenvalue weighted by molar-refractivity contribution is 5.93. The first-order chi connectivity index (χ1) is 13.0. The van der Waals surface area contributed by atoms with Gasteiger partial charge in [-0.05, 0) is 36.6 Å². The van der Waals surface area contributed by atoms with Crippen molar-refractivity contribution in [3.05, 3.63) is 54.6 Å². The summed E-state index contributed by atoms with van der Waals surface area (Å²) in [5.74, 6) is 0.100. The number of anilines is 1. The number of ether oxygens (including phenoxy) is 1. The van der Waals surface area contributed by atoms with E-state index < -0.39 is 11.9 Å². The number of hydrogen-bond acceptors (Lipinski definition) is 4. The monoisotopic (exact) mass is 368 g/mol. The molecule has 3 rings (SSSR count). The Morgan fingerprint density at radius 2 is 1.81 bits per heavy atom. The smallest absolute Gasteiger partial charge is 0.307 e. The predicted octanol–water partition coefficient (Wildman–Crippen LogP) is 3.46. The van der Waals surface area contributed by atoms with Crippen LogP contribution < -0.4 is 10.1 Å². The van der Waals surface area contributed by atoms with Gasteiger partial charge in [-0.2, -0.15) is 0 Å². The molecule has 1 amide bonds. The lowest BCUT2D eigenvalue weighted by molar-refractivity contribution is -0.144. The number of hydrogen-bond donors (Lipinski definition) is 2. The van der Waals surface area contributed by atoms with Crippen LogP contribution in [0.2, 0.25) is 0 Å². The van der Waals surface area contributed by atoms with Crippen molar-refractivity contribution in [3.63, 3.8) is 0 Å². The van der Waals surface area contributed by atoms with Crippen LogP contribution in [0.15, 0.2) is 54.6 Å². The number of carbonyl (C=O) groups excluding carboxylic acids is 1. The van der Waals surface area contributed by atoms with Crippen LogP contribution in [0.1, 0.15) is 13.3 Å². The maximum absolute atomic E-state index is 12.5. The summed E-state index contributed by atoms with van der Waals surface area (Å²) in [6.45, 7) is 3.30. The van der Waals surface area contributed by atoms with Crippen LogP contribution in [0, 0.1) is 11.8 Å². The summed E-state index contributed by atoms with van der Waals surface area (Å²) in [4.78, 5) is 25.7. The van der Waals surface area contributed by atoms with Crippen molar-refractivity contribution >= 4 is 17.6 Å². The summed E-state index contributed by atoms with van der Waals surface area (Å²) in [5.41, 5.74) is 0.589. The fourth-order valence-corrected chi connectivity index (χ4v) is 3.44. The third kappa shape index (κ3) is 5.31. The molecule has 0 radical (unpaired) electrons. The standard InChI is InChI=1S/C21H24N2O4/c1-15-11-16(21(25)26)13-23(12-15)14-20(24)22-18-9-5-6-10-19(18)27-17-7-3-2-4-8-17/h2-10,15-16H,11-14H2,1H3,(H,22,24)(H,25,26). The number of carboxylic acids is 1. The molecule has 0 saturated carbocycles. The van der Waals surface area contributed by atoms with Crippen LogP contribution in [-0.4, -0.2) is 41.5 Å². The van der Waals surface area contributed by atoms with Gasteiger partial charge in [-0.3, -0.25) is 14.5 Å². The zero-order chi connectivity index (χ0) is 19.2. The van der Waals surface area contributed by atoms with Crippen molar-refractivity contribution in [3.8, 4) is 11.5 Å². The van der Waals surface area contributed by atoms with Gasteiger partial charge in [0.15, 0.2) is 5.75 Å². The fraction of sp³-hybridized carbons (Fsp3) is 0.333. The molecule has 2 atom stereocenters. The molecule has 1 aliphatic heterocycles. The molecule has 0 bridgehead atoms. The van der Waals surface area contributed by atoms with E-state index >= 15 is 0 Å². The molecule has 2 N–H and O–H groups in total. The van der Waals surface area contributed by atoms with Gasteiger partial charge in [0.1, 0.15) is 5.75 Å². The Kier molecular flexibility index (Phi) is 6.08. The predicted molar refractivity (Wildman–Crippen MR) is 103 cm³/mol.